The van der Waals surface area contributed by atoms with E-state index in [1.807, 2.05) is 25.1 Å². The van der Waals surface area contributed by atoms with Crippen LogP contribution in [0.3, 0.4) is 0 Å². The number of benzene rings is 1. The maximum atomic E-state index is 11.8. The van der Waals surface area contributed by atoms with Gasteiger partial charge in [-0.2, -0.15) is 0 Å². The molecule has 0 atom stereocenters. The Kier molecular flexibility index (Phi) is 5.12. The molecule has 6 nitrogen and oxygen atoms in total. The van der Waals surface area contributed by atoms with Gasteiger partial charge in [-0.05, 0) is 37.5 Å². The van der Waals surface area contributed by atoms with Gasteiger partial charge in [0.05, 0.1) is 16.8 Å². The summed E-state index contributed by atoms with van der Waals surface area (Å²) in [6.07, 6.45) is 5.91. The Hall–Kier alpha value is -2.38. The van der Waals surface area contributed by atoms with Crippen LogP contribution in [-0.4, -0.2) is 21.9 Å². The van der Waals surface area contributed by atoms with Crippen LogP contribution in [0.5, 0.6) is 0 Å². The minimum atomic E-state index is -0.555. The topological polar surface area (TPSA) is 107 Å². The molecule has 0 saturated heterocycles. The van der Waals surface area contributed by atoms with Crippen molar-refractivity contribution in [1.82, 2.24) is 9.97 Å². The van der Waals surface area contributed by atoms with E-state index in [-0.39, 0.29) is 0 Å². The molecular formula is C20H22ClN5OS. The Morgan fingerprint density at radius 3 is 2.68 bits per heavy atom. The summed E-state index contributed by atoms with van der Waals surface area (Å²) in [5.74, 6) is -0.000185. The second-order valence-electron chi connectivity index (χ2n) is 7.23. The number of rotatable bonds is 4. The molecule has 1 aliphatic rings. The molecule has 1 aromatic carbocycles. The number of amides is 1. The van der Waals surface area contributed by atoms with Gasteiger partial charge in [-0.15, -0.1) is 11.3 Å². The number of aryl methyl sites for hydroxylation is 1. The fraction of sp³-hybridized carbons (Fsp3) is 0.350. The molecule has 0 unspecified atom stereocenters. The minimum absolute atomic E-state index is 0.311. The Labute approximate surface area is 172 Å². The lowest BCUT2D eigenvalue weighted by Crippen LogP contribution is -2.23. The van der Waals surface area contributed by atoms with Gasteiger partial charge in [0.2, 0.25) is 5.95 Å². The monoisotopic (exact) mass is 415 g/mol. The first-order chi connectivity index (χ1) is 13.4. The van der Waals surface area contributed by atoms with E-state index in [0.717, 1.165) is 24.0 Å². The molecule has 8 heteroatoms. The van der Waals surface area contributed by atoms with Gasteiger partial charge in [-0.25, -0.2) is 9.97 Å². The number of hydrogen-bond donors (Lipinski definition) is 3. The molecule has 4 rings (SSSR count). The number of anilines is 2. The second kappa shape index (κ2) is 7.56. The zero-order chi connectivity index (χ0) is 19.8. The van der Waals surface area contributed by atoms with Crippen molar-refractivity contribution in [1.29, 1.82) is 0 Å². The van der Waals surface area contributed by atoms with Gasteiger partial charge in [0.1, 0.15) is 9.71 Å². The van der Waals surface area contributed by atoms with E-state index in [9.17, 15) is 4.79 Å². The summed E-state index contributed by atoms with van der Waals surface area (Å²) in [7, 11) is 0. The first-order valence-electron chi connectivity index (χ1n) is 9.37. The van der Waals surface area contributed by atoms with Gasteiger partial charge >= 0.3 is 0 Å². The third-order valence-electron chi connectivity index (χ3n) is 5.18. The Bertz CT molecular complexity index is 1060. The number of nitrogen functional groups attached to an aromatic ring is 1. The lowest BCUT2D eigenvalue weighted by molar-refractivity contribution is 0.100. The number of nitrogens with one attached hydrogen (secondary N) is 1. The van der Waals surface area contributed by atoms with E-state index < -0.39 is 5.91 Å². The largest absolute Gasteiger partial charge is 0.397 e. The SMILES string of the molecule is Cc1cc(-c2nc(NC3CCCCC3)nc3sc(C(N)=O)c(N)c23)ccc1Cl. The molecule has 0 radical (unpaired) electrons. The lowest BCUT2D eigenvalue weighted by atomic mass is 9.96. The smallest absolute Gasteiger partial charge is 0.260 e. The maximum Gasteiger partial charge on any atom is 0.260 e. The van der Waals surface area contributed by atoms with E-state index in [0.29, 0.717) is 43.5 Å². The van der Waals surface area contributed by atoms with Gasteiger partial charge in [0.25, 0.3) is 5.91 Å². The minimum Gasteiger partial charge on any atom is -0.397 e. The van der Waals surface area contributed by atoms with Crippen LogP contribution in [0.25, 0.3) is 21.5 Å². The van der Waals surface area contributed by atoms with Crippen molar-refractivity contribution in [3.8, 4) is 11.3 Å². The summed E-state index contributed by atoms with van der Waals surface area (Å²) in [5, 5.41) is 4.82. The number of fused-ring (bicyclic) bond motifs is 1. The lowest BCUT2D eigenvalue weighted by Gasteiger charge is -2.23. The molecule has 0 spiro atoms. The highest BCUT2D eigenvalue weighted by Gasteiger charge is 2.22. The number of nitrogens with two attached hydrogens (primary N) is 2. The highest BCUT2D eigenvalue weighted by Crippen LogP contribution is 2.39. The predicted octanol–water partition coefficient (Wildman–Crippen LogP) is 4.75. The highest BCUT2D eigenvalue weighted by atomic mass is 35.5. The van der Waals surface area contributed by atoms with E-state index in [4.69, 9.17) is 28.1 Å². The van der Waals surface area contributed by atoms with Crippen LogP contribution in [0.2, 0.25) is 5.02 Å². The quantitative estimate of drug-likeness (QED) is 0.570. The first kappa shape index (κ1) is 19.0. The van der Waals surface area contributed by atoms with Crippen molar-refractivity contribution in [3.63, 3.8) is 0 Å². The van der Waals surface area contributed by atoms with E-state index in [1.165, 1.54) is 30.6 Å². The number of hydrogen-bond acceptors (Lipinski definition) is 6. The van der Waals surface area contributed by atoms with Gasteiger partial charge in [0.15, 0.2) is 0 Å². The average molecular weight is 416 g/mol. The molecule has 1 fully saturated rings. The van der Waals surface area contributed by atoms with Gasteiger partial charge in [0, 0.05) is 16.6 Å². The van der Waals surface area contributed by atoms with Crippen molar-refractivity contribution < 1.29 is 4.79 Å². The second-order valence-corrected chi connectivity index (χ2v) is 8.63. The number of thiophene rings is 1. The molecular weight excluding hydrogens is 394 g/mol. The number of aromatic nitrogens is 2. The van der Waals surface area contributed by atoms with Crippen LogP contribution < -0.4 is 16.8 Å². The summed E-state index contributed by atoms with van der Waals surface area (Å²) in [6, 6.07) is 6.07. The summed E-state index contributed by atoms with van der Waals surface area (Å²) in [4.78, 5) is 22.2. The molecule has 28 heavy (non-hydrogen) atoms. The fourth-order valence-electron chi connectivity index (χ4n) is 3.70. The molecule has 1 aliphatic carbocycles. The summed E-state index contributed by atoms with van der Waals surface area (Å²) in [6.45, 7) is 1.94. The fourth-order valence-corrected chi connectivity index (χ4v) is 4.76. The Morgan fingerprint density at radius 1 is 1.25 bits per heavy atom. The zero-order valence-corrected chi connectivity index (χ0v) is 17.2. The van der Waals surface area contributed by atoms with Crippen LogP contribution in [-0.2, 0) is 0 Å². The predicted molar refractivity (Wildman–Crippen MR) is 116 cm³/mol. The van der Waals surface area contributed by atoms with Crippen LogP contribution in [0, 0.1) is 6.92 Å². The number of halogens is 1. The summed E-state index contributed by atoms with van der Waals surface area (Å²) >= 11 is 7.40. The first-order valence-corrected chi connectivity index (χ1v) is 10.6. The molecule has 0 aliphatic heterocycles. The maximum absolute atomic E-state index is 11.8. The molecule has 1 saturated carbocycles. The van der Waals surface area contributed by atoms with Crippen LogP contribution in [0.4, 0.5) is 11.6 Å². The normalized spacial score (nSPS) is 15.1. The standard InChI is InChI=1S/C20H22ClN5OS/c1-10-9-11(7-8-13(10)21)16-14-15(22)17(18(23)27)28-19(14)26-20(25-16)24-12-5-3-2-4-6-12/h7-9,12H,2-6,22H2,1H3,(H2,23,27)(H,24,25,26). The molecule has 2 heterocycles. The molecule has 146 valence electrons. The van der Waals surface area contributed by atoms with Crippen molar-refractivity contribution >= 4 is 50.7 Å². The summed E-state index contributed by atoms with van der Waals surface area (Å²) < 4.78 is 0. The summed E-state index contributed by atoms with van der Waals surface area (Å²) in [5.41, 5.74) is 14.6. The number of carbonyl (C=O) groups excluding carboxylic acids is 1. The van der Waals surface area contributed by atoms with Crippen molar-refractivity contribution in [2.24, 2.45) is 5.73 Å². The number of carbonyl (C=O) groups is 1. The van der Waals surface area contributed by atoms with Crippen LogP contribution in [0.1, 0.15) is 47.3 Å². The third-order valence-corrected chi connectivity index (χ3v) is 6.72. The average Bonchev–Trinajstić information content (AvgIpc) is 3.01. The third kappa shape index (κ3) is 3.52. The number of primary amides is 1. The molecule has 5 N–H and O–H groups in total. The molecule has 3 aromatic rings. The Morgan fingerprint density at radius 2 is 2.00 bits per heavy atom. The van der Waals surface area contributed by atoms with Crippen LogP contribution in [0.15, 0.2) is 18.2 Å². The number of nitrogens with zero attached hydrogens (tertiary/aromatic N) is 2. The highest BCUT2D eigenvalue weighted by molar-refractivity contribution is 7.21. The van der Waals surface area contributed by atoms with Gasteiger partial charge in [-0.3, -0.25) is 4.79 Å². The van der Waals surface area contributed by atoms with Crippen LogP contribution >= 0.6 is 22.9 Å². The van der Waals surface area contributed by atoms with E-state index >= 15 is 0 Å². The van der Waals surface area contributed by atoms with Crippen molar-refractivity contribution in [3.05, 3.63) is 33.7 Å². The van der Waals surface area contributed by atoms with Crippen molar-refractivity contribution in [2.45, 2.75) is 45.1 Å². The molecule has 1 amide bonds. The molecule has 2 aromatic heterocycles. The van der Waals surface area contributed by atoms with E-state index in [1.54, 1.807) is 0 Å². The van der Waals surface area contributed by atoms with Gasteiger partial charge < -0.3 is 16.8 Å². The zero-order valence-electron chi connectivity index (χ0n) is 15.6. The van der Waals surface area contributed by atoms with Crippen molar-refractivity contribution in [2.75, 3.05) is 11.1 Å². The molecule has 0 bridgehead atoms. The van der Waals surface area contributed by atoms with Gasteiger partial charge in [-0.1, -0.05) is 36.9 Å². The Balaban J connectivity index is 1.88. The van der Waals surface area contributed by atoms with E-state index in [2.05, 4.69) is 10.3 Å².